The zero-order valence-corrected chi connectivity index (χ0v) is 16.4. The summed E-state index contributed by atoms with van der Waals surface area (Å²) < 4.78 is 5.18. The van der Waals surface area contributed by atoms with E-state index < -0.39 is 0 Å². The Labute approximate surface area is 160 Å². The molecule has 2 aliphatic heterocycles. The largest absolute Gasteiger partial charge is 0.459 e. The van der Waals surface area contributed by atoms with Crippen LogP contribution in [-0.4, -0.2) is 47.8 Å². The van der Waals surface area contributed by atoms with Gasteiger partial charge in [0.25, 0.3) is 11.8 Å². The molecule has 4 heterocycles. The molecule has 4 rings (SSSR count). The van der Waals surface area contributed by atoms with E-state index in [0.717, 1.165) is 10.7 Å². The van der Waals surface area contributed by atoms with E-state index in [1.165, 1.54) is 27.1 Å². The number of amides is 2. The van der Waals surface area contributed by atoms with Gasteiger partial charge in [0.05, 0.1) is 11.2 Å². The standard InChI is InChI=1S/C19H20N2O3S2/c1-12-13(2)26-16-10-17(25-11-14(12)16)19(23)21-7-5-20(6-8-21)18(22)15-4-3-9-24-15/h3-4,9-10H,5-8,11H2,1-2H3. The predicted molar refractivity (Wildman–Crippen MR) is 104 cm³/mol. The second kappa shape index (κ2) is 6.96. The van der Waals surface area contributed by atoms with Crippen LogP contribution in [0.1, 0.15) is 31.4 Å². The van der Waals surface area contributed by atoms with Crippen LogP contribution in [0.5, 0.6) is 0 Å². The molecular weight excluding hydrogens is 368 g/mol. The molecule has 2 aliphatic rings. The first-order chi connectivity index (χ1) is 12.5. The van der Waals surface area contributed by atoms with Crippen molar-refractivity contribution in [2.45, 2.75) is 19.6 Å². The molecule has 1 saturated heterocycles. The van der Waals surface area contributed by atoms with Crippen molar-refractivity contribution in [2.75, 3.05) is 26.2 Å². The number of rotatable bonds is 2. The van der Waals surface area contributed by atoms with Crippen LogP contribution in [0.2, 0.25) is 0 Å². The van der Waals surface area contributed by atoms with Crippen LogP contribution in [0.15, 0.2) is 27.7 Å². The summed E-state index contributed by atoms with van der Waals surface area (Å²) in [4.78, 5) is 32.2. The fraction of sp³-hybridized carbons (Fsp3) is 0.368. The van der Waals surface area contributed by atoms with E-state index in [4.69, 9.17) is 4.42 Å². The molecule has 0 saturated carbocycles. The molecule has 0 atom stereocenters. The van der Waals surface area contributed by atoms with E-state index in [1.54, 1.807) is 40.1 Å². The molecule has 2 aromatic rings. The minimum atomic E-state index is -0.109. The summed E-state index contributed by atoms with van der Waals surface area (Å²) in [7, 11) is 0. The van der Waals surface area contributed by atoms with Gasteiger partial charge < -0.3 is 14.2 Å². The summed E-state index contributed by atoms with van der Waals surface area (Å²) >= 11 is 3.38. The van der Waals surface area contributed by atoms with Gasteiger partial charge in [-0.3, -0.25) is 9.59 Å². The molecule has 7 heteroatoms. The second-order valence-corrected chi connectivity index (χ2v) is 8.76. The average molecular weight is 389 g/mol. The van der Waals surface area contributed by atoms with Gasteiger partial charge >= 0.3 is 0 Å². The molecule has 0 aromatic carbocycles. The van der Waals surface area contributed by atoms with Crippen molar-refractivity contribution in [1.82, 2.24) is 9.80 Å². The number of carbonyl (C=O) groups excluding carboxylic acids is 2. The average Bonchev–Trinajstić information content (AvgIpc) is 3.29. The highest BCUT2D eigenvalue weighted by atomic mass is 32.2. The SMILES string of the molecule is Cc1sc2c(c1C)CSC(C(=O)N1CCN(C(=O)c3ccco3)CC1)=C2. The molecule has 1 fully saturated rings. The maximum atomic E-state index is 12.9. The highest BCUT2D eigenvalue weighted by Gasteiger charge is 2.29. The number of carbonyl (C=O) groups is 2. The number of nitrogens with zero attached hydrogens (tertiary/aromatic N) is 2. The maximum Gasteiger partial charge on any atom is 0.289 e. The van der Waals surface area contributed by atoms with Crippen molar-refractivity contribution < 1.29 is 14.0 Å². The van der Waals surface area contributed by atoms with Crippen LogP contribution in [0.3, 0.4) is 0 Å². The summed E-state index contributed by atoms with van der Waals surface area (Å²) in [5.74, 6) is 1.18. The lowest BCUT2D eigenvalue weighted by Gasteiger charge is -2.35. The number of thioether (sulfide) groups is 1. The van der Waals surface area contributed by atoms with Gasteiger partial charge in [-0.1, -0.05) is 0 Å². The van der Waals surface area contributed by atoms with Crippen LogP contribution >= 0.6 is 23.1 Å². The molecule has 0 spiro atoms. The number of piperazine rings is 1. The van der Waals surface area contributed by atoms with Gasteiger partial charge in [-0.25, -0.2) is 0 Å². The van der Waals surface area contributed by atoms with Crippen LogP contribution in [-0.2, 0) is 10.5 Å². The topological polar surface area (TPSA) is 53.8 Å². The van der Waals surface area contributed by atoms with Gasteiger partial charge in [-0.2, -0.15) is 0 Å². The Morgan fingerprint density at radius 1 is 1.08 bits per heavy atom. The van der Waals surface area contributed by atoms with Crippen molar-refractivity contribution in [3.05, 3.63) is 49.9 Å². The van der Waals surface area contributed by atoms with Gasteiger partial charge in [-0.15, -0.1) is 23.1 Å². The van der Waals surface area contributed by atoms with Gasteiger partial charge in [0.1, 0.15) is 0 Å². The molecule has 0 radical (unpaired) electrons. The third-order valence-electron chi connectivity index (χ3n) is 4.97. The van der Waals surface area contributed by atoms with Crippen LogP contribution in [0.25, 0.3) is 6.08 Å². The minimum Gasteiger partial charge on any atom is -0.459 e. The van der Waals surface area contributed by atoms with Crippen LogP contribution in [0.4, 0.5) is 0 Å². The number of hydrogen-bond donors (Lipinski definition) is 0. The maximum absolute atomic E-state index is 12.9. The molecule has 0 N–H and O–H groups in total. The third-order valence-corrected chi connectivity index (χ3v) is 7.21. The lowest BCUT2D eigenvalue weighted by atomic mass is 10.1. The predicted octanol–water partition coefficient (Wildman–Crippen LogP) is 3.53. The minimum absolute atomic E-state index is 0.0782. The number of furan rings is 1. The molecule has 0 bridgehead atoms. The summed E-state index contributed by atoms with van der Waals surface area (Å²) in [6.07, 6.45) is 3.54. The zero-order valence-electron chi connectivity index (χ0n) is 14.8. The van der Waals surface area contributed by atoms with E-state index in [1.807, 2.05) is 11.0 Å². The van der Waals surface area contributed by atoms with Gasteiger partial charge in [0, 0.05) is 41.7 Å². The fourth-order valence-corrected chi connectivity index (χ4v) is 5.68. The lowest BCUT2D eigenvalue weighted by Crippen LogP contribution is -2.50. The van der Waals surface area contributed by atoms with Crippen molar-refractivity contribution in [2.24, 2.45) is 0 Å². The van der Waals surface area contributed by atoms with Crippen molar-refractivity contribution in [3.63, 3.8) is 0 Å². The summed E-state index contributed by atoms with van der Waals surface area (Å²) in [5.41, 5.74) is 2.72. The van der Waals surface area contributed by atoms with Gasteiger partial charge in [0.2, 0.25) is 0 Å². The Hall–Kier alpha value is -1.99. The molecule has 2 amide bonds. The van der Waals surface area contributed by atoms with E-state index >= 15 is 0 Å². The van der Waals surface area contributed by atoms with E-state index in [-0.39, 0.29) is 11.8 Å². The Morgan fingerprint density at radius 2 is 1.77 bits per heavy atom. The van der Waals surface area contributed by atoms with Crippen molar-refractivity contribution >= 4 is 41.0 Å². The number of thiophene rings is 1. The first kappa shape index (κ1) is 17.4. The second-order valence-electron chi connectivity index (χ2n) is 6.49. The third kappa shape index (κ3) is 3.10. The van der Waals surface area contributed by atoms with Crippen molar-refractivity contribution in [1.29, 1.82) is 0 Å². The highest BCUT2D eigenvalue weighted by Crippen LogP contribution is 2.39. The van der Waals surface area contributed by atoms with E-state index in [9.17, 15) is 9.59 Å². The molecule has 136 valence electrons. The first-order valence-corrected chi connectivity index (χ1v) is 10.4. The first-order valence-electron chi connectivity index (χ1n) is 8.60. The smallest absolute Gasteiger partial charge is 0.289 e. The normalized spacial score (nSPS) is 17.1. The monoisotopic (exact) mass is 388 g/mol. The number of fused-ring (bicyclic) bond motifs is 1. The van der Waals surface area contributed by atoms with Gasteiger partial charge in [-0.05, 0) is 43.2 Å². The molecule has 0 aliphatic carbocycles. The van der Waals surface area contributed by atoms with Crippen LogP contribution < -0.4 is 0 Å². The molecular formula is C19H20N2O3S2. The van der Waals surface area contributed by atoms with Gasteiger partial charge in [0.15, 0.2) is 5.76 Å². The molecule has 0 unspecified atom stereocenters. The summed E-state index contributed by atoms with van der Waals surface area (Å²) in [6, 6.07) is 3.38. The quantitative estimate of drug-likeness (QED) is 0.790. The van der Waals surface area contributed by atoms with E-state index in [0.29, 0.717) is 31.9 Å². The number of aryl methyl sites for hydroxylation is 1. The Kier molecular flexibility index (Phi) is 4.67. The number of hydrogen-bond acceptors (Lipinski definition) is 5. The Bertz CT molecular complexity index is 875. The molecule has 26 heavy (non-hydrogen) atoms. The Morgan fingerprint density at radius 3 is 2.42 bits per heavy atom. The Balaban J connectivity index is 1.42. The highest BCUT2D eigenvalue weighted by molar-refractivity contribution is 8.03. The van der Waals surface area contributed by atoms with E-state index in [2.05, 4.69) is 13.8 Å². The molecule has 5 nitrogen and oxygen atoms in total. The van der Waals surface area contributed by atoms with Crippen molar-refractivity contribution in [3.8, 4) is 0 Å². The summed E-state index contributed by atoms with van der Waals surface area (Å²) in [5, 5.41) is 0. The lowest BCUT2D eigenvalue weighted by molar-refractivity contribution is -0.127. The zero-order chi connectivity index (χ0) is 18.3. The molecule has 2 aromatic heterocycles. The summed E-state index contributed by atoms with van der Waals surface area (Å²) in [6.45, 7) is 6.46. The van der Waals surface area contributed by atoms with Crippen LogP contribution in [0, 0.1) is 13.8 Å². The fourth-order valence-electron chi connectivity index (χ4n) is 3.26.